The molecule has 1 fully saturated rings. The summed E-state index contributed by atoms with van der Waals surface area (Å²) in [6, 6.07) is 0. The minimum atomic E-state index is -1.19. The zero-order valence-electron chi connectivity index (χ0n) is 14.1. The van der Waals surface area contributed by atoms with Gasteiger partial charge in [0.2, 0.25) is 0 Å². The van der Waals surface area contributed by atoms with Gasteiger partial charge in [0.25, 0.3) is 0 Å². The van der Waals surface area contributed by atoms with Crippen LogP contribution in [0.5, 0.6) is 0 Å². The maximum atomic E-state index is 12.0. The van der Waals surface area contributed by atoms with E-state index in [1.807, 2.05) is 27.7 Å². The van der Waals surface area contributed by atoms with Crippen LogP contribution in [0.15, 0.2) is 0 Å². The number of ether oxygens (including phenoxy) is 1. The third-order valence-electron chi connectivity index (χ3n) is 3.52. The van der Waals surface area contributed by atoms with Crippen molar-refractivity contribution in [2.45, 2.75) is 57.7 Å². The minimum absolute atomic E-state index is 0.186. The number of carboxylic acids is 2. The first-order valence-electron chi connectivity index (χ1n) is 7.53. The van der Waals surface area contributed by atoms with E-state index in [0.717, 1.165) is 4.90 Å². The SMILES string of the molecule is CC1(C)CC(OC(=O)CN(CC(=O)O)CC(=O)O)CC(C)(C)N1. The average Bonchev–Trinajstić information content (AvgIpc) is 2.20. The topological polar surface area (TPSA) is 116 Å². The Morgan fingerprint density at radius 1 is 1.00 bits per heavy atom. The summed E-state index contributed by atoms with van der Waals surface area (Å²) in [4.78, 5) is 34.5. The number of piperidine rings is 1. The third kappa shape index (κ3) is 7.43. The van der Waals surface area contributed by atoms with E-state index in [0.29, 0.717) is 12.8 Å². The van der Waals surface area contributed by atoms with Crippen molar-refractivity contribution < 1.29 is 29.3 Å². The fourth-order valence-electron chi connectivity index (χ4n) is 3.27. The highest BCUT2D eigenvalue weighted by atomic mass is 16.5. The van der Waals surface area contributed by atoms with E-state index in [2.05, 4.69) is 5.32 Å². The van der Waals surface area contributed by atoms with Gasteiger partial charge in [0.15, 0.2) is 0 Å². The molecule has 0 aromatic carbocycles. The maximum absolute atomic E-state index is 12.0. The fourth-order valence-corrected chi connectivity index (χ4v) is 3.27. The molecule has 8 nitrogen and oxygen atoms in total. The van der Waals surface area contributed by atoms with Gasteiger partial charge < -0.3 is 20.3 Å². The molecule has 0 bridgehead atoms. The highest BCUT2D eigenvalue weighted by Gasteiger charge is 2.39. The van der Waals surface area contributed by atoms with E-state index in [1.165, 1.54) is 0 Å². The highest BCUT2D eigenvalue weighted by molar-refractivity contribution is 5.76. The molecule has 0 unspecified atom stereocenters. The van der Waals surface area contributed by atoms with Crippen molar-refractivity contribution in [3.05, 3.63) is 0 Å². The molecule has 0 atom stereocenters. The quantitative estimate of drug-likeness (QED) is 0.571. The van der Waals surface area contributed by atoms with Gasteiger partial charge in [-0.2, -0.15) is 0 Å². The number of rotatable bonds is 7. The lowest BCUT2D eigenvalue weighted by molar-refractivity contribution is -0.155. The second-order valence-electron chi connectivity index (χ2n) is 7.35. The average molecular weight is 330 g/mol. The Balaban J connectivity index is 2.62. The molecule has 1 heterocycles. The first-order chi connectivity index (χ1) is 10.4. The number of esters is 1. The van der Waals surface area contributed by atoms with E-state index in [-0.39, 0.29) is 23.7 Å². The second-order valence-corrected chi connectivity index (χ2v) is 7.35. The molecule has 0 saturated carbocycles. The largest absolute Gasteiger partial charge is 0.480 e. The standard InChI is InChI=1S/C15H26N2O6/c1-14(2)5-10(6-15(3,4)16-14)23-13(22)9-17(7-11(18)19)8-12(20)21/h10,16H,5-9H2,1-4H3,(H,18,19)(H,20,21). The van der Waals surface area contributed by atoms with Crippen LogP contribution in [0.25, 0.3) is 0 Å². The summed E-state index contributed by atoms with van der Waals surface area (Å²) < 4.78 is 5.45. The molecule has 3 N–H and O–H groups in total. The van der Waals surface area contributed by atoms with Gasteiger partial charge in [-0.25, -0.2) is 0 Å². The molecule has 1 aliphatic rings. The molecular weight excluding hydrogens is 304 g/mol. The lowest BCUT2D eigenvalue weighted by atomic mass is 9.81. The van der Waals surface area contributed by atoms with Gasteiger partial charge in [0.1, 0.15) is 6.10 Å². The molecule has 23 heavy (non-hydrogen) atoms. The van der Waals surface area contributed by atoms with Gasteiger partial charge in [0, 0.05) is 23.9 Å². The molecule has 0 spiro atoms. The van der Waals surface area contributed by atoms with Crippen molar-refractivity contribution in [3.63, 3.8) is 0 Å². The number of carboxylic acid groups (broad SMARTS) is 2. The molecule has 8 heteroatoms. The summed E-state index contributed by atoms with van der Waals surface area (Å²) >= 11 is 0. The Morgan fingerprint density at radius 2 is 1.43 bits per heavy atom. The van der Waals surface area contributed by atoms with E-state index >= 15 is 0 Å². The summed E-state index contributed by atoms with van der Waals surface area (Å²) in [6.07, 6.45) is 0.991. The van der Waals surface area contributed by atoms with Crippen molar-refractivity contribution in [3.8, 4) is 0 Å². The molecule has 1 saturated heterocycles. The number of hydrogen-bond donors (Lipinski definition) is 3. The number of nitrogens with one attached hydrogen (secondary N) is 1. The molecular formula is C15H26N2O6. The number of hydrogen-bond acceptors (Lipinski definition) is 6. The maximum Gasteiger partial charge on any atom is 0.320 e. The first-order valence-corrected chi connectivity index (χ1v) is 7.53. The van der Waals surface area contributed by atoms with Gasteiger partial charge in [-0.05, 0) is 27.7 Å². The van der Waals surface area contributed by atoms with Gasteiger partial charge in [-0.1, -0.05) is 0 Å². The summed E-state index contributed by atoms with van der Waals surface area (Å²) in [5.41, 5.74) is -0.372. The van der Waals surface area contributed by atoms with Crippen LogP contribution in [0.3, 0.4) is 0 Å². The van der Waals surface area contributed by atoms with E-state index < -0.39 is 31.0 Å². The monoisotopic (exact) mass is 330 g/mol. The molecule has 1 rings (SSSR count). The highest BCUT2D eigenvalue weighted by Crippen LogP contribution is 2.30. The first kappa shape index (κ1) is 19.4. The third-order valence-corrected chi connectivity index (χ3v) is 3.52. The minimum Gasteiger partial charge on any atom is -0.480 e. The second kappa shape index (κ2) is 7.27. The van der Waals surface area contributed by atoms with Crippen LogP contribution < -0.4 is 5.32 Å². The number of carbonyl (C=O) groups excluding carboxylic acids is 1. The smallest absolute Gasteiger partial charge is 0.320 e. The van der Waals surface area contributed by atoms with Crippen molar-refractivity contribution >= 4 is 17.9 Å². The Labute approximate surface area is 135 Å². The molecule has 0 aliphatic carbocycles. The van der Waals surface area contributed by atoms with Crippen molar-refractivity contribution in [2.24, 2.45) is 0 Å². The molecule has 0 radical (unpaired) electrons. The lowest BCUT2D eigenvalue weighted by Crippen LogP contribution is -2.60. The van der Waals surface area contributed by atoms with Gasteiger partial charge in [0.05, 0.1) is 19.6 Å². The molecule has 0 aromatic rings. The summed E-state index contributed by atoms with van der Waals surface area (Å²) in [6.45, 7) is 6.69. The van der Waals surface area contributed by atoms with Crippen LogP contribution in [0.1, 0.15) is 40.5 Å². The summed E-state index contributed by atoms with van der Waals surface area (Å²) in [5.74, 6) is -2.99. The lowest BCUT2D eigenvalue weighted by Gasteiger charge is -2.46. The Morgan fingerprint density at radius 3 is 1.83 bits per heavy atom. The van der Waals surface area contributed by atoms with Gasteiger partial charge in [-0.15, -0.1) is 0 Å². The normalized spacial score (nSPS) is 20.2. The summed E-state index contributed by atoms with van der Waals surface area (Å²) in [5, 5.41) is 21.0. The van der Waals surface area contributed by atoms with E-state index in [1.54, 1.807) is 0 Å². The number of carbonyl (C=O) groups is 3. The van der Waals surface area contributed by atoms with Crippen LogP contribution >= 0.6 is 0 Å². The molecule has 0 amide bonds. The fraction of sp³-hybridized carbons (Fsp3) is 0.800. The number of nitrogens with zero attached hydrogens (tertiary/aromatic N) is 1. The Kier molecular flexibility index (Phi) is 6.12. The predicted octanol–water partition coefficient (Wildman–Crippen LogP) is 0.310. The summed E-state index contributed by atoms with van der Waals surface area (Å²) in [7, 11) is 0. The van der Waals surface area contributed by atoms with Crippen LogP contribution in [0, 0.1) is 0 Å². The van der Waals surface area contributed by atoms with Gasteiger partial charge >= 0.3 is 17.9 Å². The Hall–Kier alpha value is -1.67. The van der Waals surface area contributed by atoms with Gasteiger partial charge in [-0.3, -0.25) is 19.3 Å². The van der Waals surface area contributed by atoms with Crippen LogP contribution in [-0.2, 0) is 19.1 Å². The van der Waals surface area contributed by atoms with Crippen molar-refractivity contribution in [1.82, 2.24) is 10.2 Å². The van der Waals surface area contributed by atoms with Crippen LogP contribution in [-0.4, -0.2) is 69.8 Å². The van der Waals surface area contributed by atoms with Crippen LogP contribution in [0.4, 0.5) is 0 Å². The number of aliphatic carboxylic acids is 2. The zero-order chi connectivity index (χ0) is 17.8. The zero-order valence-corrected chi connectivity index (χ0v) is 14.1. The van der Waals surface area contributed by atoms with E-state index in [9.17, 15) is 14.4 Å². The predicted molar refractivity (Wildman–Crippen MR) is 82.1 cm³/mol. The molecule has 1 aliphatic heterocycles. The molecule has 132 valence electrons. The van der Waals surface area contributed by atoms with Crippen molar-refractivity contribution in [1.29, 1.82) is 0 Å². The van der Waals surface area contributed by atoms with Crippen LogP contribution in [0.2, 0.25) is 0 Å². The van der Waals surface area contributed by atoms with E-state index in [4.69, 9.17) is 14.9 Å². The molecule has 0 aromatic heterocycles. The van der Waals surface area contributed by atoms with Crippen molar-refractivity contribution in [2.75, 3.05) is 19.6 Å². The Bertz CT molecular complexity index is 443.